The quantitative estimate of drug-likeness (QED) is 0.784. The summed E-state index contributed by atoms with van der Waals surface area (Å²) in [7, 11) is 0. The first-order valence-corrected chi connectivity index (χ1v) is 7.02. The van der Waals surface area contributed by atoms with E-state index in [1.807, 2.05) is 35.2 Å². The highest BCUT2D eigenvalue weighted by Gasteiger charge is 2.19. The van der Waals surface area contributed by atoms with Gasteiger partial charge in [0.05, 0.1) is 0 Å². The van der Waals surface area contributed by atoms with E-state index in [9.17, 15) is 4.79 Å². The van der Waals surface area contributed by atoms with Crippen molar-refractivity contribution >= 4 is 32.6 Å². The molecule has 0 aliphatic carbocycles. The van der Waals surface area contributed by atoms with Gasteiger partial charge in [-0.3, -0.25) is 4.79 Å². The minimum absolute atomic E-state index is 0.164. The minimum atomic E-state index is 0.164. The number of nitrogens with zero attached hydrogens (tertiary/aromatic N) is 1. The molecule has 1 heterocycles. The standard InChI is InChI=1S/C15H14BrNO/c16-14-6-5-11-9-13(4-3-12(11)10-14)15(18)17-7-1-2-8-17/h3-6,9-10H,1-2,7-8H2. The van der Waals surface area contributed by atoms with Crippen LogP contribution in [0.5, 0.6) is 0 Å². The highest BCUT2D eigenvalue weighted by molar-refractivity contribution is 9.10. The van der Waals surface area contributed by atoms with E-state index in [-0.39, 0.29) is 5.91 Å². The summed E-state index contributed by atoms with van der Waals surface area (Å²) in [5.41, 5.74) is 0.798. The average molecular weight is 304 g/mol. The number of hydrogen-bond acceptors (Lipinski definition) is 1. The Morgan fingerprint density at radius 3 is 2.44 bits per heavy atom. The van der Waals surface area contributed by atoms with Crippen molar-refractivity contribution in [2.75, 3.05) is 13.1 Å². The summed E-state index contributed by atoms with van der Waals surface area (Å²) in [5, 5.41) is 2.27. The summed E-state index contributed by atoms with van der Waals surface area (Å²) in [5.74, 6) is 0.164. The van der Waals surface area contributed by atoms with Gasteiger partial charge in [0.2, 0.25) is 0 Å². The van der Waals surface area contributed by atoms with E-state index in [1.54, 1.807) is 0 Å². The van der Waals surface area contributed by atoms with Gasteiger partial charge in [-0.1, -0.05) is 28.1 Å². The van der Waals surface area contributed by atoms with Crippen molar-refractivity contribution < 1.29 is 4.79 Å². The van der Waals surface area contributed by atoms with Crippen LogP contribution in [0.15, 0.2) is 40.9 Å². The SMILES string of the molecule is O=C(c1ccc2cc(Br)ccc2c1)N1CCCC1. The lowest BCUT2D eigenvalue weighted by Gasteiger charge is -2.15. The molecular weight excluding hydrogens is 290 g/mol. The first-order chi connectivity index (χ1) is 8.74. The molecule has 1 aliphatic rings. The molecular formula is C15H14BrNO. The molecule has 1 saturated heterocycles. The second-order valence-electron chi connectivity index (χ2n) is 4.71. The van der Waals surface area contributed by atoms with Gasteiger partial charge < -0.3 is 4.90 Å². The summed E-state index contributed by atoms with van der Waals surface area (Å²) in [6, 6.07) is 12.0. The van der Waals surface area contributed by atoms with Gasteiger partial charge in [0.15, 0.2) is 0 Å². The summed E-state index contributed by atoms with van der Waals surface area (Å²) in [4.78, 5) is 14.2. The molecule has 0 N–H and O–H groups in total. The average Bonchev–Trinajstić information content (AvgIpc) is 2.91. The molecule has 3 heteroatoms. The Bertz CT molecular complexity index is 602. The number of hydrogen-bond donors (Lipinski definition) is 0. The topological polar surface area (TPSA) is 20.3 Å². The third-order valence-corrected chi connectivity index (χ3v) is 3.94. The summed E-state index contributed by atoms with van der Waals surface area (Å²) < 4.78 is 1.06. The van der Waals surface area contributed by atoms with Crippen molar-refractivity contribution in [2.45, 2.75) is 12.8 Å². The van der Waals surface area contributed by atoms with Gasteiger partial charge in [0.25, 0.3) is 5.91 Å². The highest BCUT2D eigenvalue weighted by atomic mass is 79.9. The van der Waals surface area contributed by atoms with Gasteiger partial charge in [-0.25, -0.2) is 0 Å². The van der Waals surface area contributed by atoms with Gasteiger partial charge >= 0.3 is 0 Å². The molecule has 1 fully saturated rings. The second-order valence-corrected chi connectivity index (χ2v) is 5.62. The van der Waals surface area contributed by atoms with Crippen molar-refractivity contribution in [1.82, 2.24) is 4.90 Å². The molecule has 2 nitrogen and oxygen atoms in total. The summed E-state index contributed by atoms with van der Waals surface area (Å²) in [6.07, 6.45) is 2.26. The van der Waals surface area contributed by atoms with Gasteiger partial charge in [-0.05, 0) is 47.9 Å². The Hall–Kier alpha value is -1.35. The predicted molar refractivity (Wildman–Crippen MR) is 76.8 cm³/mol. The van der Waals surface area contributed by atoms with E-state index in [4.69, 9.17) is 0 Å². The zero-order chi connectivity index (χ0) is 12.5. The summed E-state index contributed by atoms with van der Waals surface area (Å²) >= 11 is 3.46. The lowest BCUT2D eigenvalue weighted by molar-refractivity contribution is 0.0793. The molecule has 0 saturated carbocycles. The molecule has 0 atom stereocenters. The van der Waals surface area contributed by atoms with Crippen LogP contribution in [-0.2, 0) is 0 Å². The fourth-order valence-electron chi connectivity index (χ4n) is 2.45. The third kappa shape index (κ3) is 2.15. The van der Waals surface area contributed by atoms with Crippen LogP contribution in [-0.4, -0.2) is 23.9 Å². The molecule has 0 radical (unpaired) electrons. The number of likely N-dealkylation sites (tertiary alicyclic amines) is 1. The van der Waals surface area contributed by atoms with Crippen LogP contribution in [0.25, 0.3) is 10.8 Å². The normalized spacial score (nSPS) is 15.3. The number of carbonyl (C=O) groups is 1. The molecule has 2 aromatic carbocycles. The Morgan fingerprint density at radius 1 is 1.00 bits per heavy atom. The molecule has 18 heavy (non-hydrogen) atoms. The smallest absolute Gasteiger partial charge is 0.253 e. The van der Waals surface area contributed by atoms with Gasteiger partial charge in [0, 0.05) is 23.1 Å². The highest BCUT2D eigenvalue weighted by Crippen LogP contribution is 2.22. The van der Waals surface area contributed by atoms with Crippen molar-refractivity contribution in [3.63, 3.8) is 0 Å². The maximum absolute atomic E-state index is 12.3. The summed E-state index contributed by atoms with van der Waals surface area (Å²) in [6.45, 7) is 1.80. The number of carbonyl (C=O) groups excluding carboxylic acids is 1. The van der Waals surface area contributed by atoms with E-state index < -0.39 is 0 Å². The Morgan fingerprint density at radius 2 is 1.67 bits per heavy atom. The molecule has 2 aromatic rings. The van der Waals surface area contributed by atoms with Crippen LogP contribution in [0.2, 0.25) is 0 Å². The van der Waals surface area contributed by atoms with Crippen molar-refractivity contribution in [2.24, 2.45) is 0 Å². The lowest BCUT2D eigenvalue weighted by Crippen LogP contribution is -2.27. The molecule has 0 bridgehead atoms. The van der Waals surface area contributed by atoms with Crippen molar-refractivity contribution in [1.29, 1.82) is 0 Å². The maximum atomic E-state index is 12.3. The fraction of sp³-hybridized carbons (Fsp3) is 0.267. The van der Waals surface area contributed by atoms with E-state index in [2.05, 4.69) is 22.0 Å². The number of rotatable bonds is 1. The number of benzene rings is 2. The molecule has 0 aromatic heterocycles. The molecule has 3 rings (SSSR count). The Kier molecular flexibility index (Phi) is 3.08. The van der Waals surface area contributed by atoms with Crippen molar-refractivity contribution in [3.05, 3.63) is 46.4 Å². The molecule has 92 valence electrons. The maximum Gasteiger partial charge on any atom is 0.253 e. The largest absolute Gasteiger partial charge is 0.339 e. The third-order valence-electron chi connectivity index (χ3n) is 3.44. The van der Waals surface area contributed by atoms with Crippen LogP contribution < -0.4 is 0 Å². The van der Waals surface area contributed by atoms with Gasteiger partial charge in [-0.15, -0.1) is 0 Å². The monoisotopic (exact) mass is 303 g/mol. The lowest BCUT2D eigenvalue weighted by atomic mass is 10.1. The van der Waals surface area contributed by atoms with Crippen LogP contribution in [0.4, 0.5) is 0 Å². The molecule has 1 amide bonds. The zero-order valence-corrected chi connectivity index (χ0v) is 11.6. The van der Waals surface area contributed by atoms with Gasteiger partial charge in [-0.2, -0.15) is 0 Å². The Balaban J connectivity index is 1.97. The van der Waals surface area contributed by atoms with Crippen LogP contribution in [0.3, 0.4) is 0 Å². The Labute approximate surface area is 115 Å². The number of halogens is 1. The molecule has 1 aliphatic heterocycles. The van der Waals surface area contributed by atoms with Crippen LogP contribution >= 0.6 is 15.9 Å². The molecule has 0 unspecified atom stereocenters. The van der Waals surface area contributed by atoms with E-state index >= 15 is 0 Å². The van der Waals surface area contributed by atoms with E-state index in [1.165, 1.54) is 0 Å². The first-order valence-electron chi connectivity index (χ1n) is 6.23. The number of fused-ring (bicyclic) bond motifs is 1. The molecule has 0 spiro atoms. The zero-order valence-electron chi connectivity index (χ0n) is 10.0. The van der Waals surface area contributed by atoms with E-state index in [0.29, 0.717) is 0 Å². The minimum Gasteiger partial charge on any atom is -0.339 e. The first kappa shape index (κ1) is 11.7. The fourth-order valence-corrected chi connectivity index (χ4v) is 2.83. The second kappa shape index (κ2) is 4.73. The van der Waals surface area contributed by atoms with E-state index in [0.717, 1.165) is 46.7 Å². The predicted octanol–water partition coefficient (Wildman–Crippen LogP) is 3.84. The van der Waals surface area contributed by atoms with Gasteiger partial charge in [0.1, 0.15) is 0 Å². The van der Waals surface area contributed by atoms with Crippen LogP contribution in [0.1, 0.15) is 23.2 Å². The number of amides is 1. The van der Waals surface area contributed by atoms with Crippen molar-refractivity contribution in [3.8, 4) is 0 Å². The van der Waals surface area contributed by atoms with Crippen LogP contribution in [0, 0.1) is 0 Å².